The number of fused-ring (bicyclic) bond motifs is 3. The van der Waals surface area contributed by atoms with Crippen molar-refractivity contribution in [3.8, 4) is 11.5 Å². The molecule has 1 aromatic heterocycles. The lowest BCUT2D eigenvalue weighted by molar-refractivity contribution is 0.415. The van der Waals surface area contributed by atoms with Crippen molar-refractivity contribution >= 4 is 46.5 Å². The summed E-state index contributed by atoms with van der Waals surface area (Å²) in [6.07, 6.45) is 0.897. The van der Waals surface area contributed by atoms with Gasteiger partial charge in [0, 0.05) is 33.7 Å². The topological polar surface area (TPSA) is 57.3 Å². The van der Waals surface area contributed by atoms with Gasteiger partial charge in [-0.1, -0.05) is 23.2 Å². The van der Waals surface area contributed by atoms with Gasteiger partial charge in [0.2, 0.25) is 0 Å². The Labute approximate surface area is 161 Å². The van der Waals surface area contributed by atoms with E-state index in [9.17, 15) is 5.11 Å². The van der Waals surface area contributed by atoms with Gasteiger partial charge in [-0.3, -0.25) is 0 Å². The van der Waals surface area contributed by atoms with Crippen molar-refractivity contribution in [3.05, 3.63) is 57.2 Å². The minimum Gasteiger partial charge on any atom is -0.506 e. The van der Waals surface area contributed by atoms with Crippen molar-refractivity contribution in [3.63, 3.8) is 0 Å². The van der Waals surface area contributed by atoms with Crippen molar-refractivity contribution in [1.82, 2.24) is 10.3 Å². The lowest BCUT2D eigenvalue weighted by Crippen LogP contribution is -2.30. The number of ether oxygens (including phenoxy) is 1. The van der Waals surface area contributed by atoms with E-state index < -0.39 is 0 Å². The summed E-state index contributed by atoms with van der Waals surface area (Å²) >= 11 is 12.2. The van der Waals surface area contributed by atoms with E-state index in [1.165, 1.54) is 5.56 Å². The van der Waals surface area contributed by atoms with Gasteiger partial charge in [0.1, 0.15) is 11.5 Å². The molecule has 0 radical (unpaired) electrons. The highest BCUT2D eigenvalue weighted by Crippen LogP contribution is 2.41. The number of hydrogen-bond donors (Lipinski definition) is 3. The fourth-order valence-electron chi connectivity index (χ4n) is 3.41. The second-order valence-corrected chi connectivity index (χ2v) is 6.73. The number of H-pyrrole nitrogens is 1. The first-order chi connectivity index (χ1) is 11.6. The highest BCUT2D eigenvalue weighted by molar-refractivity contribution is 6.35. The number of rotatable bonds is 2. The molecule has 4 rings (SSSR count). The smallest absolute Gasteiger partial charge is 0.139 e. The van der Waals surface area contributed by atoms with Crippen LogP contribution in [0.5, 0.6) is 11.5 Å². The molecule has 1 aliphatic rings. The molecule has 4 nitrogen and oxygen atoms in total. The molecule has 3 N–H and O–H groups in total. The Bertz CT molecular complexity index is 940. The molecule has 0 spiro atoms. The number of phenols is 1. The van der Waals surface area contributed by atoms with Crippen LogP contribution in [-0.4, -0.2) is 23.7 Å². The predicted octanol–water partition coefficient (Wildman–Crippen LogP) is 4.85. The molecule has 0 amide bonds. The molecule has 1 atom stereocenters. The highest BCUT2D eigenvalue weighted by Gasteiger charge is 2.28. The zero-order valence-electron chi connectivity index (χ0n) is 13.4. The zero-order chi connectivity index (χ0) is 16.8. The number of methoxy groups -OCH3 is 1. The summed E-state index contributed by atoms with van der Waals surface area (Å²) in [5.74, 6) is 0.885. The van der Waals surface area contributed by atoms with E-state index in [0.29, 0.717) is 10.6 Å². The number of nitrogens with one attached hydrogen (secondary N) is 2. The van der Waals surface area contributed by atoms with Gasteiger partial charge in [0.05, 0.1) is 18.2 Å². The number of benzene rings is 2. The summed E-state index contributed by atoms with van der Waals surface area (Å²) in [6, 6.07) is 9.08. The Balaban J connectivity index is 0.00000182. The van der Waals surface area contributed by atoms with Gasteiger partial charge in [0.15, 0.2) is 0 Å². The largest absolute Gasteiger partial charge is 0.506 e. The van der Waals surface area contributed by atoms with E-state index in [-0.39, 0.29) is 29.2 Å². The van der Waals surface area contributed by atoms with Gasteiger partial charge in [-0.25, -0.2) is 0 Å². The Morgan fingerprint density at radius 3 is 2.76 bits per heavy atom. The molecular weight excluding hydrogens is 383 g/mol. The summed E-state index contributed by atoms with van der Waals surface area (Å²) in [7, 11) is 1.66. The maximum Gasteiger partial charge on any atom is 0.139 e. The van der Waals surface area contributed by atoms with Crippen LogP contribution >= 0.6 is 35.6 Å². The summed E-state index contributed by atoms with van der Waals surface area (Å²) in [4.78, 5) is 3.47. The average molecular weight is 400 g/mol. The molecule has 0 saturated carbocycles. The first-order valence-electron chi connectivity index (χ1n) is 7.68. The molecular formula is C18H17Cl3N2O2. The fourth-order valence-corrected chi connectivity index (χ4v) is 3.91. The second kappa shape index (κ2) is 6.96. The maximum absolute atomic E-state index is 10.4. The fraction of sp³-hybridized carbons (Fsp3) is 0.222. The average Bonchev–Trinajstić information content (AvgIpc) is 2.96. The number of phenolic OH excluding ortho intramolecular Hbond substituents is 1. The molecule has 0 aliphatic carbocycles. The Morgan fingerprint density at radius 2 is 2.00 bits per heavy atom. The predicted molar refractivity (Wildman–Crippen MR) is 104 cm³/mol. The second-order valence-electron chi connectivity index (χ2n) is 5.89. The minimum absolute atomic E-state index is 0. The third-order valence-corrected chi connectivity index (χ3v) is 5.03. The minimum atomic E-state index is -0.191. The first kappa shape index (κ1) is 18.2. The van der Waals surface area contributed by atoms with Crippen molar-refractivity contribution in [2.24, 2.45) is 0 Å². The van der Waals surface area contributed by atoms with Crippen LogP contribution < -0.4 is 10.1 Å². The van der Waals surface area contributed by atoms with E-state index in [1.54, 1.807) is 19.2 Å². The molecule has 0 bridgehead atoms. The van der Waals surface area contributed by atoms with Crippen molar-refractivity contribution < 1.29 is 9.84 Å². The molecule has 1 unspecified atom stereocenters. The summed E-state index contributed by atoms with van der Waals surface area (Å²) < 4.78 is 5.34. The molecule has 3 aromatic rings. The van der Waals surface area contributed by atoms with Gasteiger partial charge in [0.25, 0.3) is 0 Å². The monoisotopic (exact) mass is 398 g/mol. The van der Waals surface area contributed by atoms with Crippen molar-refractivity contribution in [2.45, 2.75) is 12.5 Å². The van der Waals surface area contributed by atoms with Crippen LogP contribution in [0.4, 0.5) is 0 Å². The van der Waals surface area contributed by atoms with Crippen LogP contribution in [0.25, 0.3) is 10.9 Å². The first-order valence-corrected chi connectivity index (χ1v) is 8.44. The molecule has 7 heteroatoms. The Hall–Kier alpha value is -1.59. The van der Waals surface area contributed by atoms with Crippen LogP contribution in [0.3, 0.4) is 0 Å². The third kappa shape index (κ3) is 3.04. The summed E-state index contributed by atoms with van der Waals surface area (Å²) in [5.41, 5.74) is 3.97. The molecule has 1 aliphatic heterocycles. The van der Waals surface area contributed by atoms with Crippen LogP contribution in [0.15, 0.2) is 30.3 Å². The third-order valence-electron chi connectivity index (χ3n) is 4.53. The van der Waals surface area contributed by atoms with E-state index in [0.717, 1.165) is 35.3 Å². The number of aromatic amines is 1. The normalized spacial score (nSPS) is 16.4. The van der Waals surface area contributed by atoms with E-state index in [1.807, 2.05) is 18.2 Å². The van der Waals surface area contributed by atoms with Crippen LogP contribution in [0, 0.1) is 0 Å². The van der Waals surface area contributed by atoms with Gasteiger partial charge >= 0.3 is 0 Å². The van der Waals surface area contributed by atoms with E-state index >= 15 is 0 Å². The molecule has 2 heterocycles. The zero-order valence-corrected chi connectivity index (χ0v) is 15.7. The standard InChI is InChI=1S/C18H16Cl2N2O2.ClH/c1-24-10-2-3-15-12(8-10)11-4-5-21-16(17(11)22-15)13-6-9(19)7-14(20)18(13)23;/h2-3,6-8,16,21-23H,4-5H2,1H3;1H. The quantitative estimate of drug-likeness (QED) is 0.577. The van der Waals surface area contributed by atoms with Gasteiger partial charge in [-0.05, 0) is 42.3 Å². The molecule has 0 fully saturated rings. The highest BCUT2D eigenvalue weighted by atomic mass is 35.5. The van der Waals surface area contributed by atoms with E-state index in [4.69, 9.17) is 27.9 Å². The van der Waals surface area contributed by atoms with E-state index in [2.05, 4.69) is 10.3 Å². The SMILES string of the molecule is COc1ccc2[nH]c3c(c2c1)CCNC3c1cc(Cl)cc(Cl)c1O.Cl. The molecule has 132 valence electrons. The Kier molecular flexibility index (Phi) is 5.07. The van der Waals surface area contributed by atoms with Gasteiger partial charge < -0.3 is 20.1 Å². The Morgan fingerprint density at radius 1 is 1.20 bits per heavy atom. The van der Waals surface area contributed by atoms with Crippen molar-refractivity contribution in [2.75, 3.05) is 13.7 Å². The van der Waals surface area contributed by atoms with Crippen LogP contribution in [0.1, 0.15) is 22.9 Å². The van der Waals surface area contributed by atoms with Crippen molar-refractivity contribution in [1.29, 1.82) is 0 Å². The number of hydrogen-bond acceptors (Lipinski definition) is 3. The molecule has 2 aromatic carbocycles. The van der Waals surface area contributed by atoms with Gasteiger partial charge in [-0.15, -0.1) is 12.4 Å². The molecule has 25 heavy (non-hydrogen) atoms. The number of halogens is 3. The number of aromatic hydroxyl groups is 1. The summed E-state index contributed by atoms with van der Waals surface area (Å²) in [6.45, 7) is 0.797. The number of aromatic nitrogens is 1. The lowest BCUT2D eigenvalue weighted by Gasteiger charge is -2.26. The maximum atomic E-state index is 10.4. The molecule has 0 saturated heterocycles. The summed E-state index contributed by atoms with van der Waals surface area (Å²) in [5, 5.41) is 15.7. The van der Waals surface area contributed by atoms with Gasteiger partial charge in [-0.2, -0.15) is 0 Å². The van der Waals surface area contributed by atoms with Crippen LogP contribution in [0.2, 0.25) is 10.0 Å². The lowest BCUT2D eigenvalue weighted by atomic mass is 9.94. The van der Waals surface area contributed by atoms with Crippen LogP contribution in [-0.2, 0) is 6.42 Å².